The van der Waals surface area contributed by atoms with Crippen molar-refractivity contribution < 1.29 is 28.6 Å². The summed E-state index contributed by atoms with van der Waals surface area (Å²) < 4.78 is 22.7. The van der Waals surface area contributed by atoms with Gasteiger partial charge in [0.1, 0.15) is 5.82 Å². The highest BCUT2D eigenvalue weighted by Gasteiger charge is 2.19. The van der Waals surface area contributed by atoms with Gasteiger partial charge in [-0.15, -0.1) is 0 Å². The lowest BCUT2D eigenvalue weighted by molar-refractivity contribution is 0.0600. The van der Waals surface area contributed by atoms with Crippen molar-refractivity contribution in [1.29, 1.82) is 0 Å². The van der Waals surface area contributed by atoms with Crippen molar-refractivity contribution in [3.63, 3.8) is 0 Å². The number of aliphatic hydroxyl groups is 1. The number of rotatable bonds is 4. The summed E-state index contributed by atoms with van der Waals surface area (Å²) in [7, 11) is 3.40. The zero-order valence-electron chi connectivity index (χ0n) is 12.1. The third kappa shape index (κ3) is 5.27. The summed E-state index contributed by atoms with van der Waals surface area (Å²) in [5.74, 6) is -1.30. The van der Waals surface area contributed by atoms with Gasteiger partial charge in [-0.05, 0) is 18.6 Å². The van der Waals surface area contributed by atoms with E-state index in [1.807, 2.05) is 0 Å². The minimum atomic E-state index is -0.718. The number of carbonyl (C=O) groups excluding carboxylic acids is 2. The lowest BCUT2D eigenvalue weighted by atomic mass is 10.0. The van der Waals surface area contributed by atoms with Crippen molar-refractivity contribution >= 4 is 17.7 Å². The summed E-state index contributed by atoms with van der Waals surface area (Å²) in [6.45, 7) is 0.108. The van der Waals surface area contributed by atoms with Crippen LogP contribution in [0.1, 0.15) is 15.9 Å². The molecule has 0 bridgehead atoms. The van der Waals surface area contributed by atoms with Gasteiger partial charge in [0.05, 0.1) is 19.8 Å². The van der Waals surface area contributed by atoms with E-state index < -0.39 is 17.9 Å². The smallest absolute Gasteiger partial charge is 0.406 e. The van der Waals surface area contributed by atoms with Crippen LogP contribution in [0.25, 0.3) is 0 Å². The maximum atomic E-state index is 13.7. The molecule has 0 aromatic heterocycles. The van der Waals surface area contributed by atoms with E-state index in [0.717, 1.165) is 13.2 Å². The number of carbonyl (C=O) groups is 2. The molecule has 0 atom stereocenters. The lowest BCUT2D eigenvalue weighted by Crippen LogP contribution is -2.26. The second kappa shape index (κ2) is 9.54. The number of anilines is 1. The molecule has 1 aromatic carbocycles. The Balaban J connectivity index is 0.00000191. The number of nitrogens with two attached hydrogens (primary N) is 1. The number of ether oxygens (including phenoxy) is 2. The van der Waals surface area contributed by atoms with Gasteiger partial charge in [0.2, 0.25) is 0 Å². The van der Waals surface area contributed by atoms with Crippen LogP contribution in [0.4, 0.5) is 14.9 Å². The molecule has 0 aliphatic carbocycles. The van der Waals surface area contributed by atoms with E-state index in [1.54, 1.807) is 0 Å². The summed E-state index contributed by atoms with van der Waals surface area (Å²) >= 11 is 0. The average Bonchev–Trinajstić information content (AvgIpc) is 2.51. The Labute approximate surface area is 121 Å². The first-order valence-corrected chi connectivity index (χ1v) is 5.93. The van der Waals surface area contributed by atoms with Crippen LogP contribution in [0.5, 0.6) is 0 Å². The first kappa shape index (κ1) is 18.7. The van der Waals surface area contributed by atoms with Crippen LogP contribution in [0.2, 0.25) is 0 Å². The summed E-state index contributed by atoms with van der Waals surface area (Å²) in [5, 5.41) is 9.39. The van der Waals surface area contributed by atoms with E-state index in [0.29, 0.717) is 0 Å². The van der Waals surface area contributed by atoms with Gasteiger partial charge in [-0.3, -0.25) is 0 Å². The van der Waals surface area contributed by atoms with Crippen molar-refractivity contribution in [1.82, 2.24) is 5.32 Å². The number of halogens is 1. The van der Waals surface area contributed by atoms with Crippen LogP contribution >= 0.6 is 0 Å². The number of nitrogen functional groups attached to an aromatic ring is 1. The molecule has 0 unspecified atom stereocenters. The van der Waals surface area contributed by atoms with E-state index in [9.17, 15) is 14.0 Å². The van der Waals surface area contributed by atoms with E-state index in [-0.39, 0.29) is 29.8 Å². The molecule has 8 heteroatoms. The van der Waals surface area contributed by atoms with E-state index >= 15 is 0 Å². The number of hydrogen-bond donors (Lipinski definition) is 3. The highest BCUT2D eigenvalue weighted by Crippen LogP contribution is 2.21. The minimum absolute atomic E-state index is 0.0193. The Morgan fingerprint density at radius 1 is 1.29 bits per heavy atom. The summed E-state index contributed by atoms with van der Waals surface area (Å²) in [4.78, 5) is 22.5. The third-order valence-electron chi connectivity index (χ3n) is 2.51. The van der Waals surface area contributed by atoms with Gasteiger partial charge in [-0.1, -0.05) is 0 Å². The molecule has 118 valence electrons. The van der Waals surface area contributed by atoms with Gasteiger partial charge in [0.15, 0.2) is 0 Å². The Kier molecular flexibility index (Phi) is 8.47. The molecule has 1 rings (SSSR count). The summed E-state index contributed by atoms with van der Waals surface area (Å²) in [6.07, 6.45) is -0.542. The Bertz CT molecular complexity index is 494. The molecular formula is C13H19FN2O5. The Hall–Kier alpha value is -2.35. The van der Waals surface area contributed by atoms with Gasteiger partial charge in [-0.25, -0.2) is 14.0 Å². The topological polar surface area (TPSA) is 111 Å². The quantitative estimate of drug-likeness (QED) is 0.558. The largest absolute Gasteiger partial charge is 0.465 e. The van der Waals surface area contributed by atoms with Gasteiger partial charge < -0.3 is 25.6 Å². The highest BCUT2D eigenvalue weighted by molar-refractivity contribution is 5.96. The maximum Gasteiger partial charge on any atom is 0.406 e. The van der Waals surface area contributed by atoms with E-state index in [2.05, 4.69) is 14.8 Å². The van der Waals surface area contributed by atoms with Crippen LogP contribution in [0, 0.1) is 5.82 Å². The van der Waals surface area contributed by atoms with Crippen LogP contribution < -0.4 is 11.1 Å². The number of esters is 1. The number of methoxy groups -OCH3 is 2. The van der Waals surface area contributed by atoms with Crippen LogP contribution in [-0.4, -0.2) is 45.0 Å². The third-order valence-corrected chi connectivity index (χ3v) is 2.51. The molecule has 0 saturated carbocycles. The zero-order valence-corrected chi connectivity index (χ0v) is 12.1. The first-order chi connectivity index (χ1) is 10.0. The van der Waals surface area contributed by atoms with Crippen molar-refractivity contribution in [2.75, 3.05) is 33.6 Å². The number of aliphatic hydroxyl groups excluding tert-OH is 1. The monoisotopic (exact) mass is 302 g/mol. The first-order valence-electron chi connectivity index (χ1n) is 5.93. The molecular weight excluding hydrogens is 283 g/mol. The van der Waals surface area contributed by atoms with Crippen molar-refractivity contribution in [3.05, 3.63) is 29.1 Å². The fourth-order valence-electron chi connectivity index (χ4n) is 1.59. The van der Waals surface area contributed by atoms with Gasteiger partial charge in [0.25, 0.3) is 0 Å². The number of alkyl carbamates (subject to hydrolysis) is 1. The van der Waals surface area contributed by atoms with Crippen LogP contribution in [-0.2, 0) is 15.9 Å². The Morgan fingerprint density at radius 2 is 1.90 bits per heavy atom. The molecule has 0 fully saturated rings. The van der Waals surface area contributed by atoms with E-state index in [4.69, 9.17) is 10.8 Å². The summed E-state index contributed by atoms with van der Waals surface area (Å²) in [5.41, 5.74) is 5.85. The van der Waals surface area contributed by atoms with Gasteiger partial charge in [0, 0.05) is 24.9 Å². The number of amides is 1. The molecule has 7 nitrogen and oxygen atoms in total. The summed E-state index contributed by atoms with van der Waals surface area (Å²) in [6, 6.07) is 2.45. The molecule has 4 N–H and O–H groups in total. The number of benzene rings is 1. The molecule has 0 spiro atoms. The van der Waals surface area contributed by atoms with Crippen molar-refractivity contribution in [2.24, 2.45) is 0 Å². The SMILES string of the molecule is CO.COC(=O)NCCc1c(F)ccc(N)c1C(=O)OC. The molecule has 1 aromatic rings. The van der Waals surface area contributed by atoms with Crippen molar-refractivity contribution in [2.45, 2.75) is 6.42 Å². The standard InChI is InChI=1S/C12H15FN2O4.CH4O/c1-18-11(16)10-7(5-6-15-12(17)19-2)8(13)3-4-9(10)14;1-2/h3-4H,5-6,14H2,1-2H3,(H,15,17);2H,1H3. The maximum absolute atomic E-state index is 13.7. The lowest BCUT2D eigenvalue weighted by Gasteiger charge is -2.12. The Morgan fingerprint density at radius 3 is 2.43 bits per heavy atom. The molecule has 21 heavy (non-hydrogen) atoms. The average molecular weight is 302 g/mol. The predicted molar refractivity (Wildman–Crippen MR) is 74.4 cm³/mol. The van der Waals surface area contributed by atoms with Gasteiger partial charge >= 0.3 is 12.1 Å². The molecule has 0 radical (unpaired) electrons. The van der Waals surface area contributed by atoms with Crippen LogP contribution in [0.15, 0.2) is 12.1 Å². The normalized spacial score (nSPS) is 9.19. The van der Waals surface area contributed by atoms with Crippen LogP contribution in [0.3, 0.4) is 0 Å². The molecule has 0 heterocycles. The number of nitrogens with one attached hydrogen (secondary N) is 1. The molecule has 0 aliphatic rings. The minimum Gasteiger partial charge on any atom is -0.465 e. The second-order valence-corrected chi connectivity index (χ2v) is 3.65. The molecule has 1 amide bonds. The number of hydrogen-bond acceptors (Lipinski definition) is 6. The molecule has 0 saturated heterocycles. The predicted octanol–water partition coefficient (Wildman–Crippen LogP) is 0.701. The highest BCUT2D eigenvalue weighted by atomic mass is 19.1. The fourth-order valence-corrected chi connectivity index (χ4v) is 1.59. The van der Waals surface area contributed by atoms with Crippen molar-refractivity contribution in [3.8, 4) is 0 Å². The fraction of sp³-hybridized carbons (Fsp3) is 0.385. The zero-order chi connectivity index (χ0) is 16.4. The van der Waals surface area contributed by atoms with E-state index in [1.165, 1.54) is 20.3 Å². The second-order valence-electron chi connectivity index (χ2n) is 3.65. The van der Waals surface area contributed by atoms with Gasteiger partial charge in [-0.2, -0.15) is 0 Å². The molecule has 0 aliphatic heterocycles.